The molecule has 3 aromatic rings. The van der Waals surface area contributed by atoms with E-state index in [2.05, 4.69) is 11.6 Å². The minimum absolute atomic E-state index is 0.175. The van der Waals surface area contributed by atoms with Crippen LogP contribution in [0.5, 0.6) is 5.75 Å². The lowest BCUT2D eigenvalue weighted by molar-refractivity contribution is 0.0536. The van der Waals surface area contributed by atoms with Crippen LogP contribution < -0.4 is 10.3 Å². The molecule has 0 aliphatic rings. The van der Waals surface area contributed by atoms with Gasteiger partial charge < -0.3 is 19.6 Å². The van der Waals surface area contributed by atoms with E-state index >= 15 is 0 Å². The zero-order chi connectivity index (χ0) is 22.4. The Morgan fingerprint density at radius 1 is 1.39 bits per heavy atom. The number of nitrogens with one attached hydrogen (secondary N) is 1. The Bertz CT molecular complexity index is 1090. The standard InChI is InChI=1S/C23H29N3O4S/c1-5-23(2,28)15-26(10-7-11-29-3)13-19-24-21(27)20-18(14-31-22(20)25-19)16-8-6-9-17(12-16)30-4/h5-6,8-9,12,14,28H,1,7,10-11,13,15H2,2-4H3,(H,24,25,27). The van der Waals surface area contributed by atoms with Crippen molar-refractivity contribution in [2.75, 3.05) is 33.9 Å². The first-order valence-corrected chi connectivity index (χ1v) is 11.0. The van der Waals surface area contributed by atoms with Gasteiger partial charge in [-0.2, -0.15) is 0 Å². The lowest BCUT2D eigenvalue weighted by Gasteiger charge is -2.29. The summed E-state index contributed by atoms with van der Waals surface area (Å²) in [4.78, 5) is 23.3. The molecule has 1 unspecified atom stereocenters. The van der Waals surface area contributed by atoms with E-state index in [4.69, 9.17) is 14.5 Å². The average Bonchev–Trinajstić information content (AvgIpc) is 3.18. The van der Waals surface area contributed by atoms with Crippen molar-refractivity contribution in [3.8, 4) is 16.9 Å². The molecule has 0 bridgehead atoms. The quantitative estimate of drug-likeness (QED) is 0.349. The SMILES string of the molecule is C=CC(C)(O)CN(CCCOC)Cc1nc2scc(-c3cccc(OC)c3)c2c(=O)[nH]1. The molecule has 0 aliphatic carbocycles. The number of methoxy groups -OCH3 is 2. The van der Waals surface area contributed by atoms with E-state index in [1.807, 2.05) is 34.5 Å². The molecule has 0 saturated carbocycles. The Morgan fingerprint density at radius 3 is 2.90 bits per heavy atom. The largest absolute Gasteiger partial charge is 0.497 e. The minimum atomic E-state index is -1.04. The first kappa shape index (κ1) is 23.1. The lowest BCUT2D eigenvalue weighted by atomic mass is 10.1. The summed E-state index contributed by atoms with van der Waals surface area (Å²) in [5, 5.41) is 13.0. The van der Waals surface area contributed by atoms with Crippen LogP contribution >= 0.6 is 11.3 Å². The highest BCUT2D eigenvalue weighted by atomic mass is 32.1. The van der Waals surface area contributed by atoms with E-state index in [-0.39, 0.29) is 5.56 Å². The third-order valence-electron chi connectivity index (χ3n) is 5.05. The van der Waals surface area contributed by atoms with Crippen molar-refractivity contribution in [2.45, 2.75) is 25.5 Å². The molecule has 3 rings (SSSR count). The second-order valence-corrected chi connectivity index (χ2v) is 8.55. The van der Waals surface area contributed by atoms with E-state index in [0.717, 1.165) is 23.3 Å². The number of benzene rings is 1. The van der Waals surface area contributed by atoms with Crippen LogP contribution in [0.4, 0.5) is 0 Å². The molecule has 8 heteroatoms. The first-order valence-electron chi connectivity index (χ1n) is 10.1. The summed E-state index contributed by atoms with van der Waals surface area (Å²) in [6.45, 7) is 7.51. The number of ether oxygens (including phenoxy) is 2. The maximum atomic E-state index is 13.0. The summed E-state index contributed by atoms with van der Waals surface area (Å²) < 4.78 is 10.5. The Labute approximate surface area is 186 Å². The number of H-pyrrole nitrogens is 1. The molecule has 0 radical (unpaired) electrons. The van der Waals surface area contributed by atoms with Crippen LogP contribution in [0.25, 0.3) is 21.3 Å². The van der Waals surface area contributed by atoms with E-state index < -0.39 is 5.60 Å². The molecular weight excluding hydrogens is 414 g/mol. The van der Waals surface area contributed by atoms with Crippen LogP contribution in [0.1, 0.15) is 19.2 Å². The average molecular weight is 444 g/mol. The first-order chi connectivity index (χ1) is 14.9. The van der Waals surface area contributed by atoms with Gasteiger partial charge in [-0.05, 0) is 31.0 Å². The summed E-state index contributed by atoms with van der Waals surface area (Å²) >= 11 is 1.44. The Hall–Kier alpha value is -2.52. The van der Waals surface area contributed by atoms with Crippen molar-refractivity contribution in [1.29, 1.82) is 0 Å². The predicted molar refractivity (Wildman–Crippen MR) is 125 cm³/mol. The van der Waals surface area contributed by atoms with Gasteiger partial charge in [-0.25, -0.2) is 4.98 Å². The Morgan fingerprint density at radius 2 is 2.19 bits per heavy atom. The molecule has 0 aliphatic heterocycles. The van der Waals surface area contributed by atoms with Gasteiger partial charge in [0.2, 0.25) is 0 Å². The smallest absolute Gasteiger partial charge is 0.260 e. The third-order valence-corrected chi connectivity index (χ3v) is 5.93. The lowest BCUT2D eigenvalue weighted by Crippen LogP contribution is -2.40. The molecule has 2 heterocycles. The molecule has 2 N–H and O–H groups in total. The second-order valence-electron chi connectivity index (χ2n) is 7.69. The van der Waals surface area contributed by atoms with Crippen LogP contribution in [-0.4, -0.2) is 59.5 Å². The van der Waals surface area contributed by atoms with Crippen molar-refractivity contribution in [3.05, 3.63) is 58.5 Å². The monoisotopic (exact) mass is 443 g/mol. The van der Waals surface area contributed by atoms with Crippen molar-refractivity contribution in [1.82, 2.24) is 14.9 Å². The highest BCUT2D eigenvalue weighted by Crippen LogP contribution is 2.32. The predicted octanol–water partition coefficient (Wildman–Crippen LogP) is 3.44. The number of hydrogen-bond donors (Lipinski definition) is 2. The molecule has 1 aromatic carbocycles. The summed E-state index contributed by atoms with van der Waals surface area (Å²) in [7, 11) is 3.28. The van der Waals surface area contributed by atoms with Gasteiger partial charge in [0.1, 0.15) is 16.4 Å². The van der Waals surface area contributed by atoms with Gasteiger partial charge in [-0.15, -0.1) is 17.9 Å². The minimum Gasteiger partial charge on any atom is -0.497 e. The molecule has 7 nitrogen and oxygen atoms in total. The van der Waals surface area contributed by atoms with Gasteiger partial charge in [-0.3, -0.25) is 9.69 Å². The molecule has 0 fully saturated rings. The topological polar surface area (TPSA) is 87.7 Å². The molecular formula is C23H29N3O4S. The second kappa shape index (κ2) is 10.2. The van der Waals surface area contributed by atoms with Crippen LogP contribution in [0.15, 0.2) is 47.1 Å². The molecule has 31 heavy (non-hydrogen) atoms. The summed E-state index contributed by atoms with van der Waals surface area (Å²) in [6, 6.07) is 7.63. The normalized spacial score (nSPS) is 13.5. The van der Waals surface area contributed by atoms with E-state index in [1.54, 1.807) is 21.1 Å². The molecule has 0 saturated heterocycles. The zero-order valence-electron chi connectivity index (χ0n) is 18.2. The van der Waals surface area contributed by atoms with Gasteiger partial charge >= 0.3 is 0 Å². The van der Waals surface area contributed by atoms with Crippen molar-refractivity contribution >= 4 is 21.6 Å². The fourth-order valence-corrected chi connectivity index (χ4v) is 4.41. The van der Waals surface area contributed by atoms with Crippen LogP contribution in [0.2, 0.25) is 0 Å². The van der Waals surface area contributed by atoms with Crippen molar-refractivity contribution in [3.63, 3.8) is 0 Å². The zero-order valence-corrected chi connectivity index (χ0v) is 19.0. The van der Waals surface area contributed by atoms with E-state index in [9.17, 15) is 9.90 Å². The van der Waals surface area contributed by atoms with Crippen molar-refractivity contribution in [2.24, 2.45) is 0 Å². The summed E-state index contributed by atoms with van der Waals surface area (Å²) in [5.74, 6) is 1.30. The molecule has 2 aromatic heterocycles. The Balaban J connectivity index is 1.90. The maximum Gasteiger partial charge on any atom is 0.260 e. The van der Waals surface area contributed by atoms with E-state index in [0.29, 0.717) is 42.3 Å². The van der Waals surface area contributed by atoms with Crippen LogP contribution in [0.3, 0.4) is 0 Å². The fraction of sp³-hybridized carbons (Fsp3) is 0.391. The molecule has 1 atom stereocenters. The van der Waals surface area contributed by atoms with Gasteiger partial charge in [0.15, 0.2) is 0 Å². The van der Waals surface area contributed by atoms with Gasteiger partial charge in [0, 0.05) is 37.7 Å². The summed E-state index contributed by atoms with van der Waals surface area (Å²) in [6.07, 6.45) is 2.32. The number of aromatic nitrogens is 2. The molecule has 0 amide bonds. The number of fused-ring (bicyclic) bond motifs is 1. The molecule has 0 spiro atoms. The summed E-state index contributed by atoms with van der Waals surface area (Å²) in [5.41, 5.74) is 0.533. The highest BCUT2D eigenvalue weighted by Gasteiger charge is 2.22. The van der Waals surface area contributed by atoms with Gasteiger partial charge in [0.25, 0.3) is 5.56 Å². The number of rotatable bonds is 11. The highest BCUT2D eigenvalue weighted by molar-refractivity contribution is 7.17. The molecule has 166 valence electrons. The van der Waals surface area contributed by atoms with Gasteiger partial charge in [0.05, 0.1) is 24.6 Å². The fourth-order valence-electron chi connectivity index (χ4n) is 3.45. The number of aliphatic hydroxyl groups is 1. The number of nitrogens with zero attached hydrogens (tertiary/aromatic N) is 2. The maximum absolute atomic E-state index is 13.0. The Kier molecular flexibility index (Phi) is 7.61. The van der Waals surface area contributed by atoms with Gasteiger partial charge in [-0.1, -0.05) is 18.2 Å². The third kappa shape index (κ3) is 5.80. The van der Waals surface area contributed by atoms with Crippen LogP contribution in [0, 0.1) is 0 Å². The number of hydrogen-bond acceptors (Lipinski definition) is 7. The number of thiophene rings is 1. The number of aromatic amines is 1. The van der Waals surface area contributed by atoms with Crippen molar-refractivity contribution < 1.29 is 14.6 Å². The van der Waals surface area contributed by atoms with E-state index in [1.165, 1.54) is 17.4 Å². The van der Waals surface area contributed by atoms with Crippen LogP contribution in [-0.2, 0) is 11.3 Å².